The second kappa shape index (κ2) is 7.81. The monoisotopic (exact) mass is 329 g/mol. The first-order chi connectivity index (χ1) is 10.9. The van der Waals surface area contributed by atoms with Crippen molar-refractivity contribution in [1.29, 1.82) is 0 Å². The highest BCUT2D eigenvalue weighted by atomic mass is 19.4. The van der Waals surface area contributed by atoms with Gasteiger partial charge >= 0.3 is 6.18 Å². The summed E-state index contributed by atoms with van der Waals surface area (Å²) in [7, 11) is 0. The number of amides is 1. The predicted octanol–water partition coefficient (Wildman–Crippen LogP) is 3.17. The first-order valence-electron chi connectivity index (χ1n) is 7.94. The standard InChI is InChI=1S/C17H22F3NO2/c18-17(19,20)16(23)14-9-11-21(12-10-14)15(22)8-4-7-13-5-2-1-3-6-13/h1-3,5-6,14,16,23H,4,7-12H2. The second-order valence-electron chi connectivity index (χ2n) is 6.04. The van der Waals surface area contributed by atoms with E-state index in [4.69, 9.17) is 0 Å². The molecule has 128 valence electrons. The Morgan fingerprint density at radius 1 is 1.22 bits per heavy atom. The van der Waals surface area contributed by atoms with Gasteiger partial charge in [-0.15, -0.1) is 0 Å². The summed E-state index contributed by atoms with van der Waals surface area (Å²) in [6.07, 6.45) is -4.51. The molecular formula is C17H22F3NO2. The number of nitrogens with zero attached hydrogens (tertiary/aromatic N) is 1. The molecule has 2 rings (SSSR count). The lowest BCUT2D eigenvalue weighted by Gasteiger charge is -2.34. The van der Waals surface area contributed by atoms with Crippen LogP contribution in [0.3, 0.4) is 0 Å². The van der Waals surface area contributed by atoms with Crippen molar-refractivity contribution in [2.45, 2.75) is 44.4 Å². The fourth-order valence-corrected chi connectivity index (χ4v) is 2.98. The molecule has 1 aromatic rings. The summed E-state index contributed by atoms with van der Waals surface area (Å²) in [5.74, 6) is -0.816. The molecule has 1 aromatic carbocycles. The third-order valence-corrected chi connectivity index (χ3v) is 4.37. The minimum Gasteiger partial charge on any atom is -0.383 e. The second-order valence-corrected chi connectivity index (χ2v) is 6.04. The van der Waals surface area contributed by atoms with Crippen LogP contribution in [0.4, 0.5) is 13.2 Å². The third kappa shape index (κ3) is 5.23. The molecule has 1 aliphatic heterocycles. The van der Waals surface area contributed by atoms with Crippen LogP contribution in [0, 0.1) is 5.92 Å². The molecule has 1 unspecified atom stereocenters. The summed E-state index contributed by atoms with van der Waals surface area (Å²) in [5.41, 5.74) is 1.17. The number of hydrogen-bond donors (Lipinski definition) is 1. The van der Waals surface area contributed by atoms with Gasteiger partial charge in [-0.05, 0) is 37.2 Å². The quantitative estimate of drug-likeness (QED) is 0.901. The van der Waals surface area contributed by atoms with Crippen LogP contribution in [0.2, 0.25) is 0 Å². The van der Waals surface area contributed by atoms with Crippen molar-refractivity contribution in [3.8, 4) is 0 Å². The first kappa shape index (κ1) is 17.8. The van der Waals surface area contributed by atoms with E-state index in [1.165, 1.54) is 5.56 Å². The lowest BCUT2D eigenvalue weighted by atomic mass is 9.90. The molecule has 1 fully saturated rings. The zero-order chi connectivity index (χ0) is 16.9. The lowest BCUT2D eigenvalue weighted by molar-refractivity contribution is -0.222. The van der Waals surface area contributed by atoms with E-state index in [2.05, 4.69) is 0 Å². The zero-order valence-corrected chi connectivity index (χ0v) is 12.9. The lowest BCUT2D eigenvalue weighted by Crippen LogP contribution is -2.45. The fourth-order valence-electron chi connectivity index (χ4n) is 2.98. The molecule has 23 heavy (non-hydrogen) atoms. The van der Waals surface area contributed by atoms with Gasteiger partial charge in [-0.3, -0.25) is 4.79 Å². The van der Waals surface area contributed by atoms with Gasteiger partial charge in [-0.2, -0.15) is 13.2 Å². The topological polar surface area (TPSA) is 40.5 Å². The molecule has 1 N–H and O–H groups in total. The third-order valence-electron chi connectivity index (χ3n) is 4.37. The van der Waals surface area contributed by atoms with Crippen LogP contribution < -0.4 is 0 Å². The SMILES string of the molecule is O=C(CCCc1ccccc1)N1CCC(C(O)C(F)(F)F)CC1. The fraction of sp³-hybridized carbons (Fsp3) is 0.588. The van der Waals surface area contributed by atoms with Crippen molar-refractivity contribution in [3.63, 3.8) is 0 Å². The van der Waals surface area contributed by atoms with E-state index in [1.54, 1.807) is 4.90 Å². The number of carbonyl (C=O) groups is 1. The molecule has 0 aromatic heterocycles. The first-order valence-corrected chi connectivity index (χ1v) is 7.94. The zero-order valence-electron chi connectivity index (χ0n) is 12.9. The largest absolute Gasteiger partial charge is 0.414 e. The van der Waals surface area contributed by atoms with Gasteiger partial charge in [0, 0.05) is 19.5 Å². The highest BCUT2D eigenvalue weighted by Gasteiger charge is 2.44. The number of rotatable bonds is 5. The van der Waals surface area contributed by atoms with E-state index in [-0.39, 0.29) is 18.7 Å². The minimum atomic E-state index is -4.58. The van der Waals surface area contributed by atoms with E-state index in [0.717, 1.165) is 12.8 Å². The number of piperidine rings is 1. The van der Waals surface area contributed by atoms with E-state index < -0.39 is 18.2 Å². The van der Waals surface area contributed by atoms with Gasteiger partial charge in [0.2, 0.25) is 5.91 Å². The maximum Gasteiger partial charge on any atom is 0.414 e. The molecule has 0 bridgehead atoms. The summed E-state index contributed by atoms with van der Waals surface area (Å²) in [4.78, 5) is 13.7. The maximum atomic E-state index is 12.5. The number of aryl methyl sites for hydroxylation is 1. The van der Waals surface area contributed by atoms with E-state index >= 15 is 0 Å². The van der Waals surface area contributed by atoms with E-state index in [1.807, 2.05) is 30.3 Å². The van der Waals surface area contributed by atoms with Crippen molar-refractivity contribution in [2.24, 2.45) is 5.92 Å². The van der Waals surface area contributed by atoms with Crippen molar-refractivity contribution >= 4 is 5.91 Å². The van der Waals surface area contributed by atoms with Crippen LogP contribution in [-0.2, 0) is 11.2 Å². The van der Waals surface area contributed by atoms with Crippen molar-refractivity contribution < 1.29 is 23.1 Å². The number of carbonyl (C=O) groups excluding carboxylic acids is 1. The Balaban J connectivity index is 1.71. The van der Waals surface area contributed by atoms with Crippen molar-refractivity contribution in [2.75, 3.05) is 13.1 Å². The molecule has 3 nitrogen and oxygen atoms in total. The molecule has 0 spiro atoms. The molecule has 1 aliphatic rings. The summed E-state index contributed by atoms with van der Waals surface area (Å²) >= 11 is 0. The Morgan fingerprint density at radius 3 is 2.39 bits per heavy atom. The molecule has 1 amide bonds. The van der Waals surface area contributed by atoms with Gasteiger partial charge in [0.1, 0.15) is 0 Å². The van der Waals surface area contributed by atoms with Crippen LogP contribution in [0.5, 0.6) is 0 Å². The normalized spacial score (nSPS) is 18.0. The number of hydrogen-bond acceptors (Lipinski definition) is 2. The highest BCUT2D eigenvalue weighted by Crippen LogP contribution is 2.31. The average molecular weight is 329 g/mol. The van der Waals surface area contributed by atoms with E-state index in [9.17, 15) is 23.1 Å². The number of benzene rings is 1. The van der Waals surface area contributed by atoms with E-state index in [0.29, 0.717) is 19.5 Å². The summed E-state index contributed by atoms with van der Waals surface area (Å²) in [6, 6.07) is 9.86. The Hall–Kier alpha value is -1.56. The molecule has 0 aliphatic carbocycles. The van der Waals surface area contributed by atoms with Crippen molar-refractivity contribution in [3.05, 3.63) is 35.9 Å². The molecule has 1 saturated heterocycles. The number of aliphatic hydroxyl groups is 1. The van der Waals surface area contributed by atoms with Gasteiger partial charge in [-0.1, -0.05) is 30.3 Å². The average Bonchev–Trinajstić information content (AvgIpc) is 2.54. The van der Waals surface area contributed by atoms with Crippen molar-refractivity contribution in [1.82, 2.24) is 4.90 Å². The van der Waals surface area contributed by atoms with Crippen LogP contribution in [0.15, 0.2) is 30.3 Å². The number of halogens is 3. The van der Waals surface area contributed by atoms with Crippen LogP contribution in [-0.4, -0.2) is 41.3 Å². The number of likely N-dealkylation sites (tertiary alicyclic amines) is 1. The number of aliphatic hydroxyl groups excluding tert-OH is 1. The van der Waals surface area contributed by atoms with Gasteiger partial charge in [-0.25, -0.2) is 0 Å². The molecule has 1 atom stereocenters. The summed E-state index contributed by atoms with van der Waals surface area (Å²) in [6.45, 7) is 0.587. The Kier molecular flexibility index (Phi) is 6.04. The van der Waals surface area contributed by atoms with Crippen LogP contribution in [0.25, 0.3) is 0 Å². The van der Waals surface area contributed by atoms with Gasteiger partial charge in [0.05, 0.1) is 0 Å². The molecule has 0 saturated carbocycles. The highest BCUT2D eigenvalue weighted by molar-refractivity contribution is 5.76. The maximum absolute atomic E-state index is 12.5. The van der Waals surface area contributed by atoms with Crippen LogP contribution >= 0.6 is 0 Å². The molecule has 6 heteroatoms. The van der Waals surface area contributed by atoms with Gasteiger partial charge in [0.25, 0.3) is 0 Å². The summed E-state index contributed by atoms with van der Waals surface area (Å²) in [5, 5.41) is 9.27. The van der Waals surface area contributed by atoms with Gasteiger partial charge < -0.3 is 10.0 Å². The van der Waals surface area contributed by atoms with Gasteiger partial charge in [0.15, 0.2) is 6.10 Å². The minimum absolute atomic E-state index is 0.0131. The molecule has 0 radical (unpaired) electrons. The number of alkyl halides is 3. The summed E-state index contributed by atoms with van der Waals surface area (Å²) < 4.78 is 37.5. The van der Waals surface area contributed by atoms with Crippen LogP contribution in [0.1, 0.15) is 31.2 Å². The Labute approximate surface area is 134 Å². The Bertz CT molecular complexity index is 496. The molecular weight excluding hydrogens is 307 g/mol. The predicted molar refractivity (Wildman–Crippen MR) is 80.7 cm³/mol. The molecule has 1 heterocycles. The smallest absolute Gasteiger partial charge is 0.383 e. The Morgan fingerprint density at radius 2 is 1.83 bits per heavy atom.